The molecule has 6 nitrogen and oxygen atoms in total. The van der Waals surface area contributed by atoms with Crippen molar-refractivity contribution < 1.29 is 19.1 Å². The second kappa shape index (κ2) is 6.49. The van der Waals surface area contributed by atoms with Gasteiger partial charge in [-0.15, -0.1) is 0 Å². The second-order valence-electron chi connectivity index (χ2n) is 6.23. The minimum absolute atomic E-state index is 0.0731. The number of rotatable bonds is 4. The van der Waals surface area contributed by atoms with Crippen LogP contribution in [0.2, 0.25) is 0 Å². The van der Waals surface area contributed by atoms with Crippen molar-refractivity contribution >= 4 is 11.8 Å². The number of aliphatic hydroxyl groups is 1. The topological polar surface area (TPSA) is 96.8 Å². The number of hydrogen-bond acceptors (Lipinski definition) is 4. The summed E-state index contributed by atoms with van der Waals surface area (Å²) < 4.78 is 5.42. The molecule has 1 aliphatic heterocycles. The first-order valence-electron chi connectivity index (χ1n) is 7.91. The van der Waals surface area contributed by atoms with Gasteiger partial charge in [0.25, 0.3) is 5.91 Å². The molecule has 0 aliphatic carbocycles. The van der Waals surface area contributed by atoms with Crippen LogP contribution in [0.5, 0.6) is 0 Å². The van der Waals surface area contributed by atoms with E-state index in [2.05, 4.69) is 0 Å². The minimum Gasteiger partial charge on any atom is -0.459 e. The van der Waals surface area contributed by atoms with Crippen molar-refractivity contribution in [2.75, 3.05) is 13.1 Å². The van der Waals surface area contributed by atoms with Gasteiger partial charge in [0.05, 0.1) is 24.8 Å². The van der Waals surface area contributed by atoms with Crippen LogP contribution in [-0.2, 0) is 4.79 Å². The van der Waals surface area contributed by atoms with Crippen molar-refractivity contribution in [2.24, 2.45) is 5.73 Å². The summed E-state index contributed by atoms with van der Waals surface area (Å²) >= 11 is 0. The van der Waals surface area contributed by atoms with Crippen LogP contribution in [0.25, 0.3) is 11.1 Å². The van der Waals surface area contributed by atoms with E-state index < -0.39 is 11.5 Å². The Labute approximate surface area is 139 Å². The van der Waals surface area contributed by atoms with Gasteiger partial charge < -0.3 is 20.2 Å². The Hall–Kier alpha value is -2.60. The fourth-order valence-electron chi connectivity index (χ4n) is 3.22. The third kappa shape index (κ3) is 3.33. The van der Waals surface area contributed by atoms with Crippen molar-refractivity contribution in [3.8, 4) is 11.1 Å². The van der Waals surface area contributed by atoms with Gasteiger partial charge in [0.1, 0.15) is 0 Å². The van der Waals surface area contributed by atoms with Gasteiger partial charge in [-0.3, -0.25) is 9.59 Å². The third-order valence-electron chi connectivity index (χ3n) is 4.29. The first-order chi connectivity index (χ1) is 11.5. The van der Waals surface area contributed by atoms with Crippen LogP contribution in [0.3, 0.4) is 0 Å². The van der Waals surface area contributed by atoms with E-state index in [1.807, 2.05) is 30.3 Å². The highest BCUT2D eigenvalue weighted by atomic mass is 16.3. The number of β-amino-alcohol motifs (C(OH)–C–C–N with tert-alkyl or cyclic N) is 1. The molecule has 1 saturated heterocycles. The number of nitrogens with zero attached hydrogens (tertiary/aromatic N) is 1. The van der Waals surface area contributed by atoms with Crippen LogP contribution in [0.4, 0.5) is 0 Å². The zero-order valence-corrected chi connectivity index (χ0v) is 13.3. The van der Waals surface area contributed by atoms with E-state index in [9.17, 15) is 14.7 Å². The molecule has 0 radical (unpaired) electrons. The second-order valence-corrected chi connectivity index (χ2v) is 6.23. The third-order valence-corrected chi connectivity index (χ3v) is 4.29. The first-order valence-corrected chi connectivity index (χ1v) is 7.91. The molecule has 2 amide bonds. The van der Waals surface area contributed by atoms with Crippen LogP contribution >= 0.6 is 0 Å². The van der Waals surface area contributed by atoms with Gasteiger partial charge >= 0.3 is 0 Å². The van der Waals surface area contributed by atoms with E-state index in [1.165, 1.54) is 11.2 Å². The lowest BCUT2D eigenvalue weighted by Gasteiger charge is -2.38. The van der Waals surface area contributed by atoms with Gasteiger partial charge in [-0.25, -0.2) is 0 Å². The highest BCUT2D eigenvalue weighted by Crippen LogP contribution is 2.29. The summed E-state index contributed by atoms with van der Waals surface area (Å²) in [5.41, 5.74) is 5.54. The Balaban J connectivity index is 1.83. The number of hydrogen-bond donors (Lipinski definition) is 2. The van der Waals surface area contributed by atoms with Gasteiger partial charge in [0.2, 0.25) is 5.91 Å². The number of amides is 2. The van der Waals surface area contributed by atoms with Crippen molar-refractivity contribution in [1.29, 1.82) is 0 Å². The molecule has 2 heterocycles. The van der Waals surface area contributed by atoms with E-state index in [0.717, 1.165) is 5.56 Å². The summed E-state index contributed by atoms with van der Waals surface area (Å²) in [4.78, 5) is 25.5. The molecule has 0 bridgehead atoms. The lowest BCUT2D eigenvalue weighted by Crippen LogP contribution is -2.51. The molecule has 1 aromatic heterocycles. The molecule has 24 heavy (non-hydrogen) atoms. The molecule has 0 spiro atoms. The molecule has 1 atom stereocenters. The maximum atomic E-state index is 12.8. The van der Waals surface area contributed by atoms with Gasteiger partial charge in [-0.1, -0.05) is 30.3 Å². The minimum atomic E-state index is -1.26. The number of carbonyl (C=O) groups excluding carboxylic acids is 2. The average Bonchev–Trinajstić information content (AvgIpc) is 3.03. The quantitative estimate of drug-likeness (QED) is 0.894. The number of furan rings is 1. The Kier molecular flexibility index (Phi) is 4.40. The fraction of sp³-hybridized carbons (Fsp3) is 0.333. The largest absolute Gasteiger partial charge is 0.459 e. The highest BCUT2D eigenvalue weighted by Gasteiger charge is 2.37. The van der Waals surface area contributed by atoms with Gasteiger partial charge in [0, 0.05) is 12.1 Å². The molecule has 1 fully saturated rings. The monoisotopic (exact) mass is 328 g/mol. The number of likely N-dealkylation sites (tertiary alicyclic amines) is 1. The summed E-state index contributed by atoms with van der Waals surface area (Å²) in [6.45, 7) is 0.582. The van der Waals surface area contributed by atoms with E-state index in [4.69, 9.17) is 10.2 Å². The standard InChI is InChI=1S/C18H20N2O4/c19-15(21)11-18(23)8-4-9-20(12-18)17(22)16-14(7-10-24-16)13-5-2-1-3-6-13/h1-3,5-7,10,23H,4,8-9,11-12H2,(H2,19,21). The molecule has 1 aromatic carbocycles. The number of piperidine rings is 1. The van der Waals surface area contributed by atoms with Crippen molar-refractivity contribution in [3.63, 3.8) is 0 Å². The first kappa shape index (κ1) is 16.3. The summed E-state index contributed by atoms with van der Waals surface area (Å²) in [7, 11) is 0. The van der Waals surface area contributed by atoms with E-state index in [-0.39, 0.29) is 24.6 Å². The zero-order valence-electron chi connectivity index (χ0n) is 13.3. The van der Waals surface area contributed by atoms with Crippen LogP contribution in [0, 0.1) is 0 Å². The molecule has 1 unspecified atom stereocenters. The molecule has 6 heteroatoms. The van der Waals surface area contributed by atoms with E-state index >= 15 is 0 Å². The lowest BCUT2D eigenvalue weighted by atomic mass is 9.89. The summed E-state index contributed by atoms with van der Waals surface area (Å²) in [6, 6.07) is 11.2. The van der Waals surface area contributed by atoms with E-state index in [1.54, 1.807) is 6.07 Å². The fourth-order valence-corrected chi connectivity index (χ4v) is 3.22. The van der Waals surface area contributed by atoms with Gasteiger partial charge in [0.15, 0.2) is 5.76 Å². The predicted molar refractivity (Wildman–Crippen MR) is 88.0 cm³/mol. The maximum Gasteiger partial charge on any atom is 0.290 e. The molecular formula is C18H20N2O4. The normalized spacial score (nSPS) is 20.8. The van der Waals surface area contributed by atoms with Crippen molar-refractivity contribution in [3.05, 3.63) is 48.4 Å². The van der Waals surface area contributed by atoms with Crippen molar-refractivity contribution in [1.82, 2.24) is 4.90 Å². The maximum absolute atomic E-state index is 12.8. The van der Waals surface area contributed by atoms with Crippen LogP contribution < -0.4 is 5.73 Å². The van der Waals surface area contributed by atoms with E-state index in [0.29, 0.717) is 24.9 Å². The molecular weight excluding hydrogens is 308 g/mol. The molecule has 3 rings (SSSR count). The van der Waals surface area contributed by atoms with Crippen LogP contribution in [0.1, 0.15) is 29.8 Å². The molecule has 1 aliphatic rings. The van der Waals surface area contributed by atoms with Gasteiger partial charge in [-0.05, 0) is 24.5 Å². The number of benzene rings is 1. The molecule has 3 N–H and O–H groups in total. The summed E-state index contributed by atoms with van der Waals surface area (Å²) in [5.74, 6) is -0.624. The van der Waals surface area contributed by atoms with Crippen LogP contribution in [0.15, 0.2) is 47.1 Å². The van der Waals surface area contributed by atoms with Gasteiger partial charge in [-0.2, -0.15) is 0 Å². The molecule has 2 aromatic rings. The Morgan fingerprint density at radius 1 is 1.25 bits per heavy atom. The summed E-state index contributed by atoms with van der Waals surface area (Å²) in [6.07, 6.45) is 2.38. The number of nitrogens with two attached hydrogens (primary N) is 1. The number of carbonyl (C=O) groups is 2. The smallest absolute Gasteiger partial charge is 0.290 e. The lowest BCUT2D eigenvalue weighted by molar-refractivity contribution is -0.125. The van der Waals surface area contributed by atoms with Crippen molar-refractivity contribution in [2.45, 2.75) is 24.9 Å². The Morgan fingerprint density at radius 2 is 2.00 bits per heavy atom. The Bertz CT molecular complexity index is 740. The molecule has 0 saturated carbocycles. The van der Waals surface area contributed by atoms with Crippen LogP contribution in [-0.4, -0.2) is 40.5 Å². The average molecular weight is 328 g/mol. The predicted octanol–water partition coefficient (Wildman–Crippen LogP) is 1.79. The zero-order chi connectivity index (χ0) is 17.2. The highest BCUT2D eigenvalue weighted by molar-refractivity contribution is 5.98. The molecule has 126 valence electrons. The number of primary amides is 1. The SMILES string of the molecule is NC(=O)CC1(O)CCCN(C(=O)c2occc2-c2ccccc2)C1. The Morgan fingerprint density at radius 3 is 2.71 bits per heavy atom. The summed E-state index contributed by atoms with van der Waals surface area (Å²) in [5, 5.41) is 10.5.